The van der Waals surface area contributed by atoms with Crippen molar-refractivity contribution in [3.05, 3.63) is 0 Å². The molecule has 2 atom stereocenters. The number of hydrogen-bond donors (Lipinski definition) is 1. The van der Waals surface area contributed by atoms with Crippen LogP contribution in [0.3, 0.4) is 0 Å². The van der Waals surface area contributed by atoms with Crippen molar-refractivity contribution in [1.82, 2.24) is 0 Å². The van der Waals surface area contributed by atoms with Gasteiger partial charge in [-0.1, -0.05) is 26.7 Å². The van der Waals surface area contributed by atoms with E-state index in [1.54, 1.807) is 0 Å². The molecule has 0 aliphatic heterocycles. The van der Waals surface area contributed by atoms with Crippen molar-refractivity contribution in [1.29, 1.82) is 0 Å². The Balaban J connectivity index is 2.01. The van der Waals surface area contributed by atoms with E-state index in [9.17, 15) is 5.11 Å². The summed E-state index contributed by atoms with van der Waals surface area (Å²) in [5, 5.41) is 10.1. The van der Waals surface area contributed by atoms with E-state index in [1.165, 1.54) is 38.5 Å². The fraction of sp³-hybridized carbons (Fsp3) is 1.00. The molecule has 0 heterocycles. The molecule has 0 aromatic rings. The lowest BCUT2D eigenvalue weighted by atomic mass is 9.66. The fourth-order valence-electron chi connectivity index (χ4n) is 2.92. The molecule has 76 valence electrons. The summed E-state index contributed by atoms with van der Waals surface area (Å²) in [6.07, 6.45) is 7.81. The van der Waals surface area contributed by atoms with Gasteiger partial charge < -0.3 is 5.11 Å². The second-order valence-corrected chi connectivity index (χ2v) is 5.67. The van der Waals surface area contributed by atoms with Gasteiger partial charge in [-0.2, -0.15) is 0 Å². The lowest BCUT2D eigenvalue weighted by Gasteiger charge is -2.41. The Bertz CT molecular complexity index is 182. The zero-order valence-corrected chi connectivity index (χ0v) is 8.92. The van der Waals surface area contributed by atoms with Gasteiger partial charge in [0.25, 0.3) is 0 Å². The van der Waals surface area contributed by atoms with Gasteiger partial charge in [-0.25, -0.2) is 0 Å². The molecule has 1 N–H and O–H groups in total. The van der Waals surface area contributed by atoms with Crippen LogP contribution in [0.15, 0.2) is 0 Å². The SMILES string of the molecule is CC1(C)CCCCC1C(O)C1CC1. The molecule has 1 heteroatoms. The summed E-state index contributed by atoms with van der Waals surface area (Å²) in [5.41, 5.74) is 0.389. The Kier molecular flexibility index (Phi) is 2.39. The van der Waals surface area contributed by atoms with Crippen LogP contribution in [0.2, 0.25) is 0 Å². The molecular weight excluding hydrogens is 160 g/mol. The van der Waals surface area contributed by atoms with Crippen LogP contribution in [0.4, 0.5) is 0 Å². The topological polar surface area (TPSA) is 20.2 Å². The van der Waals surface area contributed by atoms with E-state index in [2.05, 4.69) is 13.8 Å². The summed E-state index contributed by atoms with van der Waals surface area (Å²) in [6, 6.07) is 0. The third kappa shape index (κ3) is 1.90. The average molecular weight is 182 g/mol. The van der Waals surface area contributed by atoms with Crippen LogP contribution in [0.25, 0.3) is 0 Å². The van der Waals surface area contributed by atoms with Gasteiger partial charge in [0.2, 0.25) is 0 Å². The Morgan fingerprint density at radius 1 is 1.15 bits per heavy atom. The quantitative estimate of drug-likeness (QED) is 0.696. The first-order valence-electron chi connectivity index (χ1n) is 5.79. The molecule has 2 fully saturated rings. The van der Waals surface area contributed by atoms with Gasteiger partial charge in [0, 0.05) is 0 Å². The van der Waals surface area contributed by atoms with E-state index >= 15 is 0 Å². The van der Waals surface area contributed by atoms with Gasteiger partial charge in [0.1, 0.15) is 0 Å². The maximum atomic E-state index is 10.1. The van der Waals surface area contributed by atoms with Crippen molar-refractivity contribution in [2.75, 3.05) is 0 Å². The monoisotopic (exact) mass is 182 g/mol. The predicted octanol–water partition coefficient (Wildman–Crippen LogP) is 2.97. The van der Waals surface area contributed by atoms with Crippen molar-refractivity contribution < 1.29 is 5.11 Å². The molecule has 2 saturated carbocycles. The van der Waals surface area contributed by atoms with E-state index in [4.69, 9.17) is 0 Å². The second kappa shape index (κ2) is 3.27. The standard InChI is InChI=1S/C12H22O/c1-12(2)8-4-3-5-10(12)11(13)9-6-7-9/h9-11,13H,3-8H2,1-2H3. The minimum Gasteiger partial charge on any atom is -0.393 e. The maximum Gasteiger partial charge on any atom is 0.0601 e. The molecule has 13 heavy (non-hydrogen) atoms. The van der Waals surface area contributed by atoms with Crippen molar-refractivity contribution in [3.8, 4) is 0 Å². The molecule has 2 aliphatic carbocycles. The molecular formula is C12H22O. The average Bonchev–Trinajstić information content (AvgIpc) is 2.84. The molecule has 2 aliphatic rings. The van der Waals surface area contributed by atoms with E-state index in [1.807, 2.05) is 0 Å². The summed E-state index contributed by atoms with van der Waals surface area (Å²) in [4.78, 5) is 0. The van der Waals surface area contributed by atoms with Crippen molar-refractivity contribution >= 4 is 0 Å². The van der Waals surface area contributed by atoms with Crippen LogP contribution in [0, 0.1) is 17.3 Å². The lowest BCUT2D eigenvalue weighted by molar-refractivity contribution is -0.00718. The Morgan fingerprint density at radius 2 is 1.85 bits per heavy atom. The van der Waals surface area contributed by atoms with Crippen LogP contribution in [-0.2, 0) is 0 Å². The Morgan fingerprint density at radius 3 is 2.38 bits per heavy atom. The van der Waals surface area contributed by atoms with E-state index in [-0.39, 0.29) is 6.10 Å². The highest BCUT2D eigenvalue weighted by Gasteiger charge is 2.42. The molecule has 0 saturated heterocycles. The highest BCUT2D eigenvalue weighted by Crippen LogP contribution is 2.47. The first kappa shape index (κ1) is 9.51. The molecule has 1 nitrogen and oxygen atoms in total. The third-order valence-corrected chi connectivity index (χ3v) is 4.11. The number of hydrogen-bond acceptors (Lipinski definition) is 1. The van der Waals surface area contributed by atoms with Gasteiger partial charge in [-0.3, -0.25) is 0 Å². The van der Waals surface area contributed by atoms with Crippen LogP contribution < -0.4 is 0 Å². The summed E-state index contributed by atoms with van der Waals surface area (Å²) < 4.78 is 0. The highest BCUT2D eigenvalue weighted by molar-refractivity contribution is 4.93. The molecule has 0 aromatic heterocycles. The molecule has 2 unspecified atom stereocenters. The fourth-order valence-corrected chi connectivity index (χ4v) is 2.92. The van der Waals surface area contributed by atoms with Crippen molar-refractivity contribution in [2.45, 2.75) is 58.5 Å². The van der Waals surface area contributed by atoms with Gasteiger partial charge in [0.05, 0.1) is 6.10 Å². The minimum absolute atomic E-state index is 0.00954. The largest absolute Gasteiger partial charge is 0.393 e. The molecule has 0 spiro atoms. The lowest BCUT2D eigenvalue weighted by Crippen LogP contribution is -2.37. The highest BCUT2D eigenvalue weighted by atomic mass is 16.3. The zero-order chi connectivity index (χ0) is 9.47. The van der Waals surface area contributed by atoms with Crippen LogP contribution >= 0.6 is 0 Å². The second-order valence-electron chi connectivity index (χ2n) is 5.67. The maximum absolute atomic E-state index is 10.1. The van der Waals surface area contributed by atoms with Gasteiger partial charge in [0.15, 0.2) is 0 Å². The smallest absolute Gasteiger partial charge is 0.0601 e. The van der Waals surface area contributed by atoms with Crippen molar-refractivity contribution in [2.24, 2.45) is 17.3 Å². The Hall–Kier alpha value is -0.0400. The normalized spacial score (nSPS) is 35.8. The molecule has 0 amide bonds. The molecule has 0 aromatic carbocycles. The zero-order valence-electron chi connectivity index (χ0n) is 8.92. The molecule has 0 bridgehead atoms. The van der Waals surface area contributed by atoms with Gasteiger partial charge in [-0.15, -0.1) is 0 Å². The van der Waals surface area contributed by atoms with Crippen LogP contribution in [-0.4, -0.2) is 11.2 Å². The first-order chi connectivity index (χ1) is 6.11. The number of rotatable bonds is 2. The summed E-state index contributed by atoms with van der Waals surface area (Å²) >= 11 is 0. The summed E-state index contributed by atoms with van der Waals surface area (Å²) in [5.74, 6) is 1.23. The number of aliphatic hydroxyl groups is 1. The number of aliphatic hydroxyl groups excluding tert-OH is 1. The van der Waals surface area contributed by atoms with Crippen LogP contribution in [0.5, 0.6) is 0 Å². The summed E-state index contributed by atoms with van der Waals surface area (Å²) in [7, 11) is 0. The van der Waals surface area contributed by atoms with E-state index in [0.717, 1.165) is 0 Å². The molecule has 0 radical (unpaired) electrons. The Labute approximate surface area is 81.5 Å². The first-order valence-corrected chi connectivity index (χ1v) is 5.79. The predicted molar refractivity (Wildman–Crippen MR) is 54.5 cm³/mol. The molecule has 2 rings (SSSR count). The van der Waals surface area contributed by atoms with E-state index < -0.39 is 0 Å². The summed E-state index contributed by atoms with van der Waals surface area (Å²) in [6.45, 7) is 4.67. The van der Waals surface area contributed by atoms with E-state index in [0.29, 0.717) is 17.3 Å². The third-order valence-electron chi connectivity index (χ3n) is 4.11. The van der Waals surface area contributed by atoms with Crippen LogP contribution in [0.1, 0.15) is 52.4 Å². The minimum atomic E-state index is 0.00954. The van der Waals surface area contributed by atoms with Gasteiger partial charge in [-0.05, 0) is 42.9 Å². The van der Waals surface area contributed by atoms with Crippen molar-refractivity contribution in [3.63, 3.8) is 0 Å². The van der Waals surface area contributed by atoms with Gasteiger partial charge >= 0.3 is 0 Å².